The third-order valence-electron chi connectivity index (χ3n) is 6.04. The molecule has 8 nitrogen and oxygen atoms in total. The monoisotopic (exact) mass is 461 g/mol. The van der Waals surface area contributed by atoms with Crippen LogP contribution in [0.5, 0.6) is 11.5 Å². The van der Waals surface area contributed by atoms with E-state index >= 15 is 0 Å². The normalized spacial score (nSPS) is 12.0. The molecule has 0 aliphatic carbocycles. The van der Waals surface area contributed by atoms with Crippen LogP contribution in [0.25, 0.3) is 44.2 Å². The van der Waals surface area contributed by atoms with Gasteiger partial charge in [-0.05, 0) is 64.4 Å². The average Bonchev–Trinajstić information content (AvgIpc) is 3.33. The lowest BCUT2D eigenvalue weighted by molar-refractivity contribution is 0.230. The van der Waals surface area contributed by atoms with Crippen LogP contribution >= 0.6 is 0 Å². The summed E-state index contributed by atoms with van der Waals surface area (Å²) in [6, 6.07) is 8.87. The van der Waals surface area contributed by atoms with E-state index in [2.05, 4.69) is 10.1 Å². The number of furan rings is 1. The zero-order valence-corrected chi connectivity index (χ0v) is 20.0. The first-order valence-electron chi connectivity index (χ1n) is 11.3. The second-order valence-electron chi connectivity index (χ2n) is 9.03. The van der Waals surface area contributed by atoms with Crippen LogP contribution in [-0.2, 0) is 0 Å². The summed E-state index contributed by atoms with van der Waals surface area (Å²) in [6.45, 7) is 9.63. The van der Waals surface area contributed by atoms with Gasteiger partial charge in [-0.25, -0.2) is 0 Å². The molecular weight excluding hydrogens is 434 g/mol. The summed E-state index contributed by atoms with van der Waals surface area (Å²) in [5.74, 6) is 1.16. The Labute approximate surface area is 195 Å². The summed E-state index contributed by atoms with van der Waals surface area (Å²) >= 11 is 0. The Morgan fingerprint density at radius 3 is 2.44 bits per heavy atom. The molecule has 0 unspecified atom stereocenters. The first kappa shape index (κ1) is 21.9. The summed E-state index contributed by atoms with van der Waals surface area (Å²) in [6.07, 6.45) is -0.0213. The van der Waals surface area contributed by atoms with Gasteiger partial charge in [0.1, 0.15) is 11.2 Å². The van der Waals surface area contributed by atoms with Crippen LogP contribution < -0.4 is 20.5 Å². The molecule has 0 atom stereocenters. The molecule has 0 aliphatic heterocycles. The van der Waals surface area contributed by atoms with Gasteiger partial charge in [-0.2, -0.15) is 0 Å². The number of aromatic amines is 2. The first-order chi connectivity index (χ1) is 16.2. The van der Waals surface area contributed by atoms with Crippen LogP contribution in [0.1, 0.15) is 39.3 Å². The molecule has 0 bridgehead atoms. The van der Waals surface area contributed by atoms with Gasteiger partial charge >= 0.3 is 0 Å². The van der Waals surface area contributed by atoms with E-state index in [1.807, 2.05) is 50.6 Å². The second kappa shape index (κ2) is 7.83. The third kappa shape index (κ3) is 3.21. The summed E-state index contributed by atoms with van der Waals surface area (Å²) in [4.78, 5) is 28.9. The lowest BCUT2D eigenvalue weighted by atomic mass is 10.0. The summed E-state index contributed by atoms with van der Waals surface area (Å²) in [5.41, 5.74) is 3.93. The number of hydrogen-bond acceptors (Lipinski definition) is 5. The summed E-state index contributed by atoms with van der Waals surface area (Å²) in [5, 5.41) is 4.20. The van der Waals surface area contributed by atoms with E-state index in [-0.39, 0.29) is 23.1 Å². The number of nitrogens with zero attached hydrogens (tertiary/aromatic N) is 1. The molecule has 0 fully saturated rings. The number of aryl methyl sites for hydroxylation is 1. The molecule has 3 heterocycles. The van der Waals surface area contributed by atoms with E-state index in [9.17, 15) is 9.59 Å². The molecule has 0 saturated carbocycles. The predicted molar refractivity (Wildman–Crippen MR) is 133 cm³/mol. The lowest BCUT2D eigenvalue weighted by Gasteiger charge is -2.15. The highest BCUT2D eigenvalue weighted by Gasteiger charge is 2.24. The maximum atomic E-state index is 13.2. The van der Waals surface area contributed by atoms with Crippen molar-refractivity contribution >= 4 is 33.1 Å². The molecule has 34 heavy (non-hydrogen) atoms. The maximum absolute atomic E-state index is 13.2. The number of nitrogens with one attached hydrogen (secondary N) is 2. The number of H-pyrrole nitrogens is 2. The van der Waals surface area contributed by atoms with Crippen LogP contribution in [0.3, 0.4) is 0 Å². The van der Waals surface area contributed by atoms with E-state index in [4.69, 9.17) is 13.9 Å². The highest BCUT2D eigenvalue weighted by atomic mass is 16.5. The Kier molecular flexibility index (Phi) is 5.04. The van der Waals surface area contributed by atoms with E-state index < -0.39 is 0 Å². The number of hydrogen-bond donors (Lipinski definition) is 2. The zero-order valence-electron chi connectivity index (χ0n) is 20.0. The maximum Gasteiger partial charge on any atom is 0.274 e. The van der Waals surface area contributed by atoms with Crippen molar-refractivity contribution in [2.24, 2.45) is 0 Å². The molecule has 176 valence electrons. The highest BCUT2D eigenvalue weighted by molar-refractivity contribution is 6.14. The van der Waals surface area contributed by atoms with Gasteiger partial charge in [0.25, 0.3) is 5.56 Å². The van der Waals surface area contributed by atoms with Crippen molar-refractivity contribution in [2.45, 2.75) is 46.8 Å². The Hall–Kier alpha value is -3.94. The zero-order chi connectivity index (χ0) is 24.3. The molecule has 0 spiro atoms. The number of ether oxygens (including phenoxy) is 2. The fourth-order valence-corrected chi connectivity index (χ4v) is 4.45. The Balaban J connectivity index is 1.95. The van der Waals surface area contributed by atoms with E-state index in [1.54, 1.807) is 20.1 Å². The Morgan fingerprint density at radius 1 is 1.00 bits per heavy atom. The van der Waals surface area contributed by atoms with E-state index in [0.29, 0.717) is 44.8 Å². The fourth-order valence-electron chi connectivity index (χ4n) is 4.45. The second-order valence-corrected chi connectivity index (χ2v) is 9.03. The van der Waals surface area contributed by atoms with Gasteiger partial charge in [0.15, 0.2) is 22.5 Å². The van der Waals surface area contributed by atoms with Crippen molar-refractivity contribution in [3.63, 3.8) is 0 Å². The number of methoxy groups -OCH3 is 1. The van der Waals surface area contributed by atoms with Crippen LogP contribution in [0.4, 0.5) is 0 Å². The molecular formula is C26H27N3O5. The summed E-state index contributed by atoms with van der Waals surface area (Å²) < 4.78 is 19.6. The number of fused-ring (bicyclic) bond motifs is 4. The van der Waals surface area contributed by atoms with Crippen molar-refractivity contribution < 1.29 is 13.9 Å². The average molecular weight is 462 g/mol. The largest absolute Gasteiger partial charge is 0.493 e. The first-order valence-corrected chi connectivity index (χ1v) is 11.3. The molecule has 0 radical (unpaired) electrons. The Bertz CT molecular complexity index is 1680. The SMILES string of the molecule is COc1cc(-c2c3oc4c(C)c(=O)ccc4c3[nH]c3c2c(=O)[nH]n3C(C)C)ccc1OC(C)C. The van der Waals surface area contributed by atoms with Crippen molar-refractivity contribution in [3.05, 3.63) is 56.5 Å². The molecule has 0 amide bonds. The van der Waals surface area contributed by atoms with Gasteiger partial charge in [-0.3, -0.25) is 19.4 Å². The van der Waals surface area contributed by atoms with Gasteiger partial charge in [0.2, 0.25) is 0 Å². The van der Waals surface area contributed by atoms with Gasteiger partial charge in [0, 0.05) is 22.6 Å². The van der Waals surface area contributed by atoms with Crippen molar-refractivity contribution in [1.82, 2.24) is 14.8 Å². The van der Waals surface area contributed by atoms with Crippen LogP contribution in [-0.4, -0.2) is 28.0 Å². The number of rotatable bonds is 5. The van der Waals surface area contributed by atoms with Crippen LogP contribution in [0.2, 0.25) is 0 Å². The lowest BCUT2D eigenvalue weighted by Crippen LogP contribution is -2.08. The van der Waals surface area contributed by atoms with E-state index in [0.717, 1.165) is 16.5 Å². The minimum absolute atomic E-state index is 0.0104. The molecule has 5 aromatic rings. The van der Waals surface area contributed by atoms with Gasteiger partial charge in [-0.15, -0.1) is 0 Å². The molecule has 0 saturated heterocycles. The van der Waals surface area contributed by atoms with Crippen molar-refractivity contribution in [3.8, 4) is 22.6 Å². The number of aromatic nitrogens is 3. The molecule has 3 aromatic heterocycles. The van der Waals surface area contributed by atoms with Crippen LogP contribution in [0.15, 0.2) is 44.3 Å². The minimum Gasteiger partial charge on any atom is -0.493 e. The smallest absolute Gasteiger partial charge is 0.274 e. The number of pyridine rings is 1. The molecule has 2 aromatic carbocycles. The summed E-state index contributed by atoms with van der Waals surface area (Å²) in [7, 11) is 1.58. The van der Waals surface area contributed by atoms with Gasteiger partial charge in [0.05, 0.1) is 24.1 Å². The predicted octanol–water partition coefficient (Wildman–Crippen LogP) is 5.27. The van der Waals surface area contributed by atoms with Crippen molar-refractivity contribution in [2.75, 3.05) is 7.11 Å². The molecule has 5 rings (SSSR count). The van der Waals surface area contributed by atoms with E-state index in [1.165, 1.54) is 6.07 Å². The number of benzene rings is 2. The highest BCUT2D eigenvalue weighted by Crippen LogP contribution is 2.41. The standard InChI is InChI=1S/C26H27N3O5/c1-12(2)29-25-21(26(31)28-29)20(15-7-10-18(33-13(3)4)19(11-15)32-6)24-22(27-25)16-8-9-17(30)14(5)23(16)34-24/h7-13,27H,1-6H3,(H,28,31). The van der Waals surface area contributed by atoms with Gasteiger partial charge in [-0.1, -0.05) is 6.07 Å². The van der Waals surface area contributed by atoms with Gasteiger partial charge < -0.3 is 18.9 Å². The molecule has 0 aliphatic rings. The minimum atomic E-state index is -0.236. The fraction of sp³-hybridized carbons (Fsp3) is 0.308. The topological polar surface area (TPSA) is 102 Å². The molecule has 2 N–H and O–H groups in total. The van der Waals surface area contributed by atoms with Crippen LogP contribution in [0, 0.1) is 6.92 Å². The molecule has 8 heteroatoms. The Morgan fingerprint density at radius 2 is 1.76 bits per heavy atom. The quantitative estimate of drug-likeness (QED) is 0.371. The van der Waals surface area contributed by atoms with Crippen molar-refractivity contribution in [1.29, 1.82) is 0 Å². The third-order valence-corrected chi connectivity index (χ3v) is 6.04.